The zero-order chi connectivity index (χ0) is 22.9. The van der Waals surface area contributed by atoms with Crippen LogP contribution < -0.4 is 9.47 Å². The third-order valence-electron chi connectivity index (χ3n) is 6.01. The average Bonchev–Trinajstić information content (AvgIpc) is 3.49. The molecule has 2 aliphatic rings. The van der Waals surface area contributed by atoms with Gasteiger partial charge in [-0.3, -0.25) is 4.79 Å². The summed E-state index contributed by atoms with van der Waals surface area (Å²) in [5.41, 5.74) is 3.90. The van der Waals surface area contributed by atoms with Gasteiger partial charge in [-0.25, -0.2) is 4.68 Å². The number of carbonyl (C=O) groups is 1. The van der Waals surface area contributed by atoms with E-state index < -0.39 is 0 Å². The molecule has 3 aromatic carbocycles. The molecular formula is C27H23N3O3S. The van der Waals surface area contributed by atoms with E-state index in [1.165, 1.54) is 0 Å². The second-order valence-electron chi connectivity index (χ2n) is 8.29. The summed E-state index contributed by atoms with van der Waals surface area (Å²) < 4.78 is 14.0. The van der Waals surface area contributed by atoms with Gasteiger partial charge in [-0.15, -0.1) is 11.8 Å². The molecule has 1 aromatic heterocycles. The summed E-state index contributed by atoms with van der Waals surface area (Å²) in [7, 11) is 0. The van der Waals surface area contributed by atoms with Gasteiger partial charge in [-0.1, -0.05) is 60.7 Å². The standard InChI is InChI=1S/C27H23N3O3S/c31-25-18-34-27(29(25)15-21-17-32-23-13-7-8-14-24(23)33-21)22-16-30(20-11-5-2-6-12-20)28-26(22)19-9-3-1-4-10-19/h1-14,16,21,27H,15,17-18H2. The van der Waals surface area contributed by atoms with E-state index in [4.69, 9.17) is 14.6 Å². The largest absolute Gasteiger partial charge is 0.486 e. The Hall–Kier alpha value is -3.71. The van der Waals surface area contributed by atoms with Gasteiger partial charge < -0.3 is 14.4 Å². The van der Waals surface area contributed by atoms with E-state index in [0.717, 1.165) is 34.0 Å². The second-order valence-corrected chi connectivity index (χ2v) is 9.35. The van der Waals surface area contributed by atoms with Crippen LogP contribution in [0.2, 0.25) is 0 Å². The normalized spacial score (nSPS) is 19.4. The van der Waals surface area contributed by atoms with Crippen LogP contribution in [0.3, 0.4) is 0 Å². The number of para-hydroxylation sites is 3. The lowest BCUT2D eigenvalue weighted by molar-refractivity contribution is -0.129. The van der Waals surface area contributed by atoms with Crippen LogP contribution in [0.25, 0.3) is 16.9 Å². The van der Waals surface area contributed by atoms with Crippen molar-refractivity contribution in [3.8, 4) is 28.4 Å². The smallest absolute Gasteiger partial charge is 0.233 e. The van der Waals surface area contributed by atoms with Crippen molar-refractivity contribution in [1.82, 2.24) is 14.7 Å². The summed E-state index contributed by atoms with van der Waals surface area (Å²) in [6.45, 7) is 0.864. The summed E-state index contributed by atoms with van der Waals surface area (Å²) >= 11 is 1.63. The van der Waals surface area contributed by atoms with Crippen molar-refractivity contribution in [3.05, 3.63) is 96.7 Å². The fourth-order valence-electron chi connectivity index (χ4n) is 4.38. The van der Waals surface area contributed by atoms with Gasteiger partial charge >= 0.3 is 0 Å². The lowest BCUT2D eigenvalue weighted by Crippen LogP contribution is -2.42. The minimum absolute atomic E-state index is 0.101. The van der Waals surface area contributed by atoms with E-state index in [0.29, 0.717) is 18.9 Å². The molecule has 1 saturated heterocycles. The van der Waals surface area contributed by atoms with Gasteiger partial charge in [0.25, 0.3) is 0 Å². The van der Waals surface area contributed by atoms with Crippen LogP contribution in [0, 0.1) is 0 Å². The Bertz CT molecular complexity index is 1310. The molecule has 0 saturated carbocycles. The summed E-state index contributed by atoms with van der Waals surface area (Å²) in [5, 5.41) is 4.79. The van der Waals surface area contributed by atoms with Crippen molar-refractivity contribution in [2.24, 2.45) is 0 Å². The molecule has 2 atom stereocenters. The van der Waals surface area contributed by atoms with Crippen molar-refractivity contribution in [3.63, 3.8) is 0 Å². The maximum absolute atomic E-state index is 13.0. The molecule has 170 valence electrons. The number of hydrogen-bond donors (Lipinski definition) is 0. The number of benzene rings is 3. The van der Waals surface area contributed by atoms with Gasteiger partial charge in [-0.05, 0) is 24.3 Å². The van der Waals surface area contributed by atoms with Gasteiger partial charge in [0, 0.05) is 17.3 Å². The maximum atomic E-state index is 13.0. The Labute approximate surface area is 202 Å². The third-order valence-corrected chi connectivity index (χ3v) is 7.25. The zero-order valence-corrected chi connectivity index (χ0v) is 19.2. The van der Waals surface area contributed by atoms with Crippen LogP contribution >= 0.6 is 11.8 Å². The first-order chi connectivity index (χ1) is 16.8. The molecule has 0 radical (unpaired) electrons. The minimum atomic E-state index is -0.232. The molecule has 0 spiro atoms. The van der Waals surface area contributed by atoms with Crippen molar-refractivity contribution in [1.29, 1.82) is 0 Å². The molecule has 4 aromatic rings. The Morgan fingerprint density at radius 3 is 2.41 bits per heavy atom. The molecule has 2 aliphatic heterocycles. The van der Waals surface area contributed by atoms with Crippen LogP contribution in [0.15, 0.2) is 91.1 Å². The first-order valence-corrected chi connectivity index (χ1v) is 12.3. The highest BCUT2D eigenvalue weighted by atomic mass is 32.2. The van der Waals surface area contributed by atoms with Crippen LogP contribution in [0.4, 0.5) is 0 Å². The van der Waals surface area contributed by atoms with Crippen LogP contribution in [0.5, 0.6) is 11.5 Å². The lowest BCUT2D eigenvalue weighted by atomic mass is 10.1. The molecule has 1 fully saturated rings. The summed E-state index contributed by atoms with van der Waals surface area (Å²) in [6, 6.07) is 27.8. The van der Waals surface area contributed by atoms with E-state index in [1.54, 1.807) is 11.8 Å². The Morgan fingerprint density at radius 1 is 0.912 bits per heavy atom. The van der Waals surface area contributed by atoms with E-state index in [9.17, 15) is 4.79 Å². The first-order valence-electron chi connectivity index (χ1n) is 11.3. The highest BCUT2D eigenvalue weighted by Crippen LogP contribution is 2.43. The highest BCUT2D eigenvalue weighted by Gasteiger charge is 2.38. The number of rotatable bonds is 5. The molecule has 3 heterocycles. The average molecular weight is 470 g/mol. The molecule has 2 unspecified atom stereocenters. The molecule has 1 amide bonds. The monoisotopic (exact) mass is 469 g/mol. The van der Waals surface area contributed by atoms with Crippen LogP contribution in [-0.2, 0) is 4.79 Å². The number of amides is 1. The van der Waals surface area contributed by atoms with E-state index in [1.807, 2.05) is 82.4 Å². The number of aromatic nitrogens is 2. The SMILES string of the molecule is O=C1CSC(c2cn(-c3ccccc3)nc2-c2ccccc2)N1CC1COc2ccccc2O1. The number of hydrogen-bond acceptors (Lipinski definition) is 5. The van der Waals surface area contributed by atoms with Gasteiger partial charge in [0.15, 0.2) is 17.6 Å². The first kappa shape index (κ1) is 20.9. The predicted octanol–water partition coefficient (Wildman–Crippen LogP) is 4.95. The number of thioether (sulfide) groups is 1. The van der Waals surface area contributed by atoms with E-state index in [-0.39, 0.29) is 17.4 Å². The number of nitrogens with zero attached hydrogens (tertiary/aromatic N) is 3. The van der Waals surface area contributed by atoms with Crippen LogP contribution in [-0.4, -0.2) is 45.6 Å². The molecule has 7 heteroatoms. The van der Waals surface area contributed by atoms with Crippen molar-refractivity contribution in [2.75, 3.05) is 18.9 Å². The topological polar surface area (TPSA) is 56.6 Å². The molecule has 0 N–H and O–H groups in total. The van der Waals surface area contributed by atoms with Gasteiger partial charge in [0.1, 0.15) is 12.0 Å². The molecule has 0 bridgehead atoms. The predicted molar refractivity (Wildman–Crippen MR) is 132 cm³/mol. The van der Waals surface area contributed by atoms with Gasteiger partial charge in [-0.2, -0.15) is 5.10 Å². The summed E-state index contributed by atoms with van der Waals surface area (Å²) in [5.74, 6) is 1.99. The lowest BCUT2D eigenvalue weighted by Gasteiger charge is -2.32. The van der Waals surface area contributed by atoms with Crippen molar-refractivity contribution < 1.29 is 14.3 Å². The van der Waals surface area contributed by atoms with Crippen molar-refractivity contribution >= 4 is 17.7 Å². The fourth-order valence-corrected chi connectivity index (χ4v) is 5.58. The molecule has 6 nitrogen and oxygen atoms in total. The number of fused-ring (bicyclic) bond motifs is 1. The number of ether oxygens (including phenoxy) is 2. The zero-order valence-electron chi connectivity index (χ0n) is 18.4. The minimum Gasteiger partial charge on any atom is -0.486 e. The fraction of sp³-hybridized carbons (Fsp3) is 0.185. The Kier molecular flexibility index (Phi) is 5.47. The van der Waals surface area contributed by atoms with E-state index in [2.05, 4.69) is 18.3 Å². The summed E-state index contributed by atoms with van der Waals surface area (Å²) in [6.07, 6.45) is 1.82. The maximum Gasteiger partial charge on any atom is 0.233 e. The van der Waals surface area contributed by atoms with E-state index >= 15 is 0 Å². The van der Waals surface area contributed by atoms with Crippen LogP contribution in [0.1, 0.15) is 10.9 Å². The molecule has 0 aliphatic carbocycles. The Morgan fingerprint density at radius 2 is 1.62 bits per heavy atom. The molecule has 6 rings (SSSR count). The second kappa shape index (κ2) is 8.91. The number of carbonyl (C=O) groups excluding carboxylic acids is 1. The third kappa shape index (κ3) is 3.92. The van der Waals surface area contributed by atoms with Crippen molar-refractivity contribution in [2.45, 2.75) is 11.5 Å². The highest BCUT2D eigenvalue weighted by molar-refractivity contribution is 8.00. The quantitative estimate of drug-likeness (QED) is 0.414. The van der Waals surface area contributed by atoms with Gasteiger partial charge in [0.05, 0.1) is 23.7 Å². The Balaban J connectivity index is 1.34. The molecular weight excluding hydrogens is 446 g/mol. The summed E-state index contributed by atoms with van der Waals surface area (Å²) in [4.78, 5) is 14.9. The van der Waals surface area contributed by atoms with Gasteiger partial charge in [0.2, 0.25) is 5.91 Å². The molecule has 34 heavy (non-hydrogen) atoms.